The van der Waals surface area contributed by atoms with Crippen LogP contribution in [-0.4, -0.2) is 40.2 Å². The normalized spacial score (nSPS) is 13.8. The predicted octanol–water partition coefficient (Wildman–Crippen LogP) is 2.28. The third kappa shape index (κ3) is 7.43. The molecular formula is C17H25NO6. The topological polar surface area (TPSA) is 105 Å². The first-order valence-electron chi connectivity index (χ1n) is 7.71. The lowest BCUT2D eigenvalue weighted by atomic mass is 10.1. The molecule has 1 aromatic rings. The zero-order valence-corrected chi connectivity index (χ0v) is 14.2. The number of rotatable bonds is 8. The zero-order chi connectivity index (χ0) is 18.2. The van der Waals surface area contributed by atoms with Crippen LogP contribution in [0.5, 0.6) is 0 Å². The van der Waals surface area contributed by atoms with Crippen LogP contribution in [0, 0.1) is 0 Å². The smallest absolute Gasteiger partial charge is 0.410 e. The number of amides is 1. The van der Waals surface area contributed by atoms with Gasteiger partial charge < -0.3 is 19.7 Å². The molecule has 1 rings (SSSR count). The van der Waals surface area contributed by atoms with Crippen LogP contribution in [-0.2, 0) is 20.9 Å². The van der Waals surface area contributed by atoms with Crippen LogP contribution < -0.4 is 5.32 Å². The molecule has 0 aliphatic rings. The summed E-state index contributed by atoms with van der Waals surface area (Å²) < 4.78 is 10.4. The third-order valence-electron chi connectivity index (χ3n) is 3.00. The number of carbonyl (C=O) groups excluding carboxylic acids is 1. The molecule has 0 fully saturated rings. The molecule has 0 aromatic heterocycles. The second-order valence-electron chi connectivity index (χ2n) is 6.43. The number of nitrogens with one attached hydrogen (secondary N) is 1. The monoisotopic (exact) mass is 339 g/mol. The molecule has 1 atom stereocenters. The molecule has 1 amide bonds. The van der Waals surface area contributed by atoms with Gasteiger partial charge in [0.1, 0.15) is 5.60 Å². The number of aliphatic carboxylic acids is 1. The second kappa shape index (κ2) is 8.65. The summed E-state index contributed by atoms with van der Waals surface area (Å²) in [5, 5.41) is 21.3. The molecule has 134 valence electrons. The Bertz CT molecular complexity index is 540. The molecule has 1 aromatic carbocycles. The Hall–Kier alpha value is -2.12. The number of carboxylic acid groups (broad SMARTS) is 1. The number of hydrogen-bond acceptors (Lipinski definition) is 5. The maximum Gasteiger partial charge on any atom is 0.410 e. The van der Waals surface area contributed by atoms with Gasteiger partial charge in [-0.2, -0.15) is 0 Å². The molecule has 0 spiro atoms. The fourth-order valence-electron chi connectivity index (χ4n) is 1.89. The van der Waals surface area contributed by atoms with Gasteiger partial charge in [0, 0.05) is 13.0 Å². The lowest BCUT2D eigenvalue weighted by Crippen LogP contribution is -2.55. The van der Waals surface area contributed by atoms with Crippen molar-refractivity contribution in [2.75, 3.05) is 6.61 Å². The lowest BCUT2D eigenvalue weighted by Gasteiger charge is -2.27. The van der Waals surface area contributed by atoms with Crippen molar-refractivity contribution in [2.24, 2.45) is 0 Å². The van der Waals surface area contributed by atoms with E-state index in [0.29, 0.717) is 6.61 Å². The Morgan fingerprint density at radius 2 is 1.79 bits per heavy atom. The van der Waals surface area contributed by atoms with E-state index in [9.17, 15) is 14.7 Å². The van der Waals surface area contributed by atoms with Crippen molar-refractivity contribution in [1.82, 2.24) is 5.32 Å². The van der Waals surface area contributed by atoms with Gasteiger partial charge in [0.2, 0.25) is 5.72 Å². The number of benzene rings is 1. The Balaban J connectivity index is 2.41. The van der Waals surface area contributed by atoms with Crippen molar-refractivity contribution in [2.45, 2.75) is 51.5 Å². The largest absolute Gasteiger partial charge is 0.478 e. The molecule has 0 saturated heterocycles. The molecule has 0 radical (unpaired) electrons. The van der Waals surface area contributed by atoms with Gasteiger partial charge in [0.05, 0.1) is 6.61 Å². The second-order valence-corrected chi connectivity index (χ2v) is 6.43. The number of hydrogen-bond donors (Lipinski definition) is 3. The van der Waals surface area contributed by atoms with Crippen LogP contribution in [0.3, 0.4) is 0 Å². The molecule has 0 aliphatic heterocycles. The van der Waals surface area contributed by atoms with Gasteiger partial charge >= 0.3 is 12.1 Å². The van der Waals surface area contributed by atoms with Crippen LogP contribution in [0.2, 0.25) is 0 Å². The predicted molar refractivity (Wildman–Crippen MR) is 87.3 cm³/mol. The molecule has 0 aliphatic carbocycles. The maximum absolute atomic E-state index is 11.7. The highest BCUT2D eigenvalue weighted by Gasteiger charge is 2.38. The zero-order valence-electron chi connectivity index (χ0n) is 14.2. The summed E-state index contributed by atoms with van der Waals surface area (Å²) in [6, 6.07) is 9.52. The summed E-state index contributed by atoms with van der Waals surface area (Å²) in [6.07, 6.45) is -0.931. The van der Waals surface area contributed by atoms with Gasteiger partial charge in [-0.25, -0.2) is 9.59 Å². The van der Waals surface area contributed by atoms with Crippen LogP contribution in [0.15, 0.2) is 30.3 Å². The van der Waals surface area contributed by atoms with E-state index in [1.807, 2.05) is 35.6 Å². The highest BCUT2D eigenvalue weighted by molar-refractivity contribution is 5.82. The minimum Gasteiger partial charge on any atom is -0.478 e. The van der Waals surface area contributed by atoms with E-state index in [4.69, 9.17) is 14.6 Å². The van der Waals surface area contributed by atoms with E-state index < -0.39 is 23.4 Å². The Kier molecular flexibility index (Phi) is 7.18. The number of ether oxygens (including phenoxy) is 2. The van der Waals surface area contributed by atoms with Gasteiger partial charge in [-0.05, 0) is 32.8 Å². The van der Waals surface area contributed by atoms with Gasteiger partial charge in [-0.1, -0.05) is 30.3 Å². The Labute approximate surface area is 141 Å². The van der Waals surface area contributed by atoms with Crippen molar-refractivity contribution in [3.05, 3.63) is 35.9 Å². The standard InChI is InChI=1S/C17H25NO6/c1-16(2,3)24-15(21)18-17(22,14(19)20)10-7-11-23-12-13-8-5-4-6-9-13/h4-6,8-9,22H,7,10-12H2,1-3H3,(H,18,21)(H,19,20)/t17-/m0/s1. The Morgan fingerprint density at radius 1 is 1.17 bits per heavy atom. The highest BCUT2D eigenvalue weighted by Crippen LogP contribution is 2.13. The van der Waals surface area contributed by atoms with E-state index in [0.717, 1.165) is 5.56 Å². The van der Waals surface area contributed by atoms with E-state index in [-0.39, 0.29) is 19.4 Å². The molecular weight excluding hydrogens is 314 g/mol. The number of aliphatic hydroxyl groups is 1. The van der Waals surface area contributed by atoms with Crippen molar-refractivity contribution in [1.29, 1.82) is 0 Å². The van der Waals surface area contributed by atoms with E-state index >= 15 is 0 Å². The van der Waals surface area contributed by atoms with Gasteiger partial charge in [-0.3, -0.25) is 5.32 Å². The molecule has 24 heavy (non-hydrogen) atoms. The lowest BCUT2D eigenvalue weighted by molar-refractivity contribution is -0.163. The summed E-state index contributed by atoms with van der Waals surface area (Å²) in [7, 11) is 0. The van der Waals surface area contributed by atoms with E-state index in [2.05, 4.69) is 0 Å². The highest BCUT2D eigenvalue weighted by atomic mass is 16.6. The van der Waals surface area contributed by atoms with Crippen molar-refractivity contribution in [3.63, 3.8) is 0 Å². The number of carboxylic acids is 1. The van der Waals surface area contributed by atoms with Crippen molar-refractivity contribution < 1.29 is 29.3 Å². The fourth-order valence-corrected chi connectivity index (χ4v) is 1.89. The van der Waals surface area contributed by atoms with E-state index in [1.54, 1.807) is 20.8 Å². The maximum atomic E-state index is 11.7. The van der Waals surface area contributed by atoms with Crippen LogP contribution in [0.4, 0.5) is 4.79 Å². The molecule has 7 nitrogen and oxygen atoms in total. The number of carbonyl (C=O) groups is 2. The first-order valence-corrected chi connectivity index (χ1v) is 7.71. The molecule has 0 unspecified atom stereocenters. The summed E-state index contributed by atoms with van der Waals surface area (Å²) in [5.41, 5.74) is -2.18. The van der Waals surface area contributed by atoms with Crippen LogP contribution >= 0.6 is 0 Å². The quantitative estimate of drug-likeness (QED) is 0.496. The minimum atomic E-state index is -2.39. The molecule has 0 heterocycles. The average molecular weight is 339 g/mol. The first kappa shape index (κ1) is 19.9. The molecule has 0 bridgehead atoms. The molecule has 7 heteroatoms. The Morgan fingerprint density at radius 3 is 2.33 bits per heavy atom. The van der Waals surface area contributed by atoms with Crippen LogP contribution in [0.25, 0.3) is 0 Å². The third-order valence-corrected chi connectivity index (χ3v) is 3.00. The minimum absolute atomic E-state index is 0.198. The summed E-state index contributed by atoms with van der Waals surface area (Å²) in [5.74, 6) is -1.54. The van der Waals surface area contributed by atoms with Gasteiger partial charge in [-0.15, -0.1) is 0 Å². The van der Waals surface area contributed by atoms with Crippen LogP contribution in [0.1, 0.15) is 39.2 Å². The van der Waals surface area contributed by atoms with Gasteiger partial charge in [0.25, 0.3) is 0 Å². The summed E-state index contributed by atoms with van der Waals surface area (Å²) in [6.45, 7) is 5.57. The fraction of sp³-hybridized carbons (Fsp3) is 0.529. The summed E-state index contributed by atoms with van der Waals surface area (Å²) in [4.78, 5) is 22.9. The van der Waals surface area contributed by atoms with Crippen molar-refractivity contribution >= 4 is 12.1 Å². The molecule has 0 saturated carbocycles. The van der Waals surface area contributed by atoms with Gasteiger partial charge in [0.15, 0.2) is 0 Å². The van der Waals surface area contributed by atoms with E-state index in [1.165, 1.54) is 0 Å². The SMILES string of the molecule is CC(C)(C)OC(=O)N[C@](O)(CCCOCc1ccccc1)C(=O)O. The first-order chi connectivity index (χ1) is 11.1. The molecule has 3 N–H and O–H groups in total. The summed E-state index contributed by atoms with van der Waals surface area (Å²) >= 11 is 0. The average Bonchev–Trinajstić information content (AvgIpc) is 2.45. The number of alkyl carbamates (subject to hydrolysis) is 1. The van der Waals surface area contributed by atoms with Crippen molar-refractivity contribution in [3.8, 4) is 0 Å².